The smallest absolute Gasteiger partial charge is 0.230 e. The Morgan fingerprint density at radius 2 is 1.93 bits per heavy atom. The van der Waals surface area contributed by atoms with Crippen LogP contribution in [0.1, 0.15) is 5.69 Å². The summed E-state index contributed by atoms with van der Waals surface area (Å²) in [6.45, 7) is 0. The van der Waals surface area contributed by atoms with Crippen molar-refractivity contribution in [2.45, 2.75) is 6.42 Å². The van der Waals surface area contributed by atoms with E-state index in [1.807, 2.05) is 46.3 Å². The van der Waals surface area contributed by atoms with E-state index >= 15 is 0 Å². The van der Waals surface area contributed by atoms with Crippen LogP contribution in [0.15, 0.2) is 72.4 Å². The quantitative estimate of drug-likeness (QED) is 0.464. The van der Waals surface area contributed by atoms with Gasteiger partial charge in [0.05, 0.1) is 23.3 Å². The fourth-order valence-electron chi connectivity index (χ4n) is 3.28. The summed E-state index contributed by atoms with van der Waals surface area (Å²) < 4.78 is 15.1. The Kier molecular flexibility index (Phi) is 4.29. The van der Waals surface area contributed by atoms with Crippen molar-refractivity contribution in [3.05, 3.63) is 83.9 Å². The number of aromatic nitrogens is 3. The van der Waals surface area contributed by atoms with Crippen molar-refractivity contribution in [2.75, 3.05) is 5.32 Å². The summed E-state index contributed by atoms with van der Waals surface area (Å²) in [5.41, 5.74) is 3.88. The second-order valence-corrected chi connectivity index (χ2v) is 7.45. The number of benzene rings is 2. The molecule has 29 heavy (non-hydrogen) atoms. The molecule has 3 aromatic heterocycles. The van der Waals surface area contributed by atoms with Gasteiger partial charge in [0.25, 0.3) is 0 Å². The predicted octanol–water partition coefficient (Wildman–Crippen LogP) is 4.93. The summed E-state index contributed by atoms with van der Waals surface area (Å²) in [6, 6.07) is 15.8. The number of amides is 1. The molecule has 0 radical (unpaired) electrons. The third kappa shape index (κ3) is 3.36. The van der Waals surface area contributed by atoms with Crippen LogP contribution in [0.3, 0.4) is 0 Å². The largest absolute Gasteiger partial charge is 0.324 e. The van der Waals surface area contributed by atoms with Crippen LogP contribution in [-0.4, -0.2) is 20.3 Å². The van der Waals surface area contributed by atoms with E-state index < -0.39 is 0 Å². The van der Waals surface area contributed by atoms with Gasteiger partial charge in [0.2, 0.25) is 5.91 Å². The highest BCUT2D eigenvalue weighted by Gasteiger charge is 2.14. The lowest BCUT2D eigenvalue weighted by molar-refractivity contribution is -0.115. The molecule has 5 rings (SSSR count). The number of nitrogens with one attached hydrogen (secondary N) is 1. The lowest BCUT2D eigenvalue weighted by Gasteiger charge is -2.07. The minimum Gasteiger partial charge on any atom is -0.324 e. The van der Waals surface area contributed by atoms with Crippen LogP contribution in [-0.2, 0) is 11.2 Å². The van der Waals surface area contributed by atoms with E-state index in [2.05, 4.69) is 15.3 Å². The van der Waals surface area contributed by atoms with Crippen molar-refractivity contribution in [1.82, 2.24) is 14.4 Å². The second kappa shape index (κ2) is 7.10. The molecule has 0 unspecified atom stereocenters. The number of pyridine rings is 1. The minimum absolute atomic E-state index is 0.125. The molecule has 0 saturated carbocycles. The van der Waals surface area contributed by atoms with Gasteiger partial charge < -0.3 is 5.32 Å². The van der Waals surface area contributed by atoms with Gasteiger partial charge in [-0.3, -0.25) is 14.2 Å². The molecule has 0 bridgehead atoms. The Morgan fingerprint density at radius 3 is 2.79 bits per heavy atom. The zero-order valence-corrected chi connectivity index (χ0v) is 16.0. The van der Waals surface area contributed by atoms with E-state index in [1.165, 1.54) is 23.5 Å². The molecule has 7 heteroatoms. The van der Waals surface area contributed by atoms with Gasteiger partial charge in [-0.2, -0.15) is 0 Å². The summed E-state index contributed by atoms with van der Waals surface area (Å²) in [4.78, 5) is 22.4. The fraction of sp³-hybridized carbons (Fsp3) is 0.0455. The van der Waals surface area contributed by atoms with Crippen LogP contribution in [0.4, 0.5) is 10.1 Å². The number of carbonyl (C=O) groups excluding carboxylic acids is 1. The normalized spacial score (nSPS) is 11.2. The molecule has 0 aliphatic heterocycles. The highest BCUT2D eigenvalue weighted by Crippen LogP contribution is 2.25. The van der Waals surface area contributed by atoms with Gasteiger partial charge in [-0.15, -0.1) is 11.3 Å². The number of fused-ring (bicyclic) bond motifs is 2. The van der Waals surface area contributed by atoms with E-state index in [4.69, 9.17) is 0 Å². The molecule has 5 aromatic rings. The number of carbonyl (C=O) groups is 1. The predicted molar refractivity (Wildman–Crippen MR) is 113 cm³/mol. The molecule has 0 spiro atoms. The van der Waals surface area contributed by atoms with Gasteiger partial charge in [-0.1, -0.05) is 18.2 Å². The van der Waals surface area contributed by atoms with Crippen molar-refractivity contribution in [3.8, 4) is 11.3 Å². The van der Waals surface area contributed by atoms with Crippen LogP contribution < -0.4 is 5.32 Å². The first-order chi connectivity index (χ1) is 14.2. The zero-order chi connectivity index (χ0) is 19.8. The zero-order valence-electron chi connectivity index (χ0n) is 15.2. The highest BCUT2D eigenvalue weighted by atomic mass is 32.1. The first-order valence-electron chi connectivity index (χ1n) is 9.02. The number of imidazole rings is 1. The number of rotatable bonds is 4. The molecule has 142 valence electrons. The molecule has 5 nitrogen and oxygen atoms in total. The average molecular weight is 402 g/mol. The Labute approximate surface area is 169 Å². The number of halogens is 1. The van der Waals surface area contributed by atoms with Gasteiger partial charge in [0.15, 0.2) is 4.96 Å². The first-order valence-corrected chi connectivity index (χ1v) is 9.90. The number of hydrogen-bond donors (Lipinski definition) is 1. The Bertz CT molecular complexity index is 1330. The fourth-order valence-corrected chi connectivity index (χ4v) is 4.15. The number of hydrogen-bond acceptors (Lipinski definition) is 4. The van der Waals surface area contributed by atoms with Gasteiger partial charge >= 0.3 is 0 Å². The summed E-state index contributed by atoms with van der Waals surface area (Å²) in [5.74, 6) is -0.407. The van der Waals surface area contributed by atoms with E-state index in [1.54, 1.807) is 18.3 Å². The summed E-state index contributed by atoms with van der Waals surface area (Å²) in [7, 11) is 0. The average Bonchev–Trinajstić information content (AvgIpc) is 3.31. The van der Waals surface area contributed by atoms with Crippen LogP contribution in [0.25, 0.3) is 27.1 Å². The van der Waals surface area contributed by atoms with E-state index in [-0.39, 0.29) is 18.1 Å². The first kappa shape index (κ1) is 17.5. The third-order valence-electron chi connectivity index (χ3n) is 4.67. The van der Waals surface area contributed by atoms with Gasteiger partial charge in [0, 0.05) is 34.4 Å². The summed E-state index contributed by atoms with van der Waals surface area (Å²) in [6.07, 6.45) is 3.80. The number of anilines is 1. The van der Waals surface area contributed by atoms with Gasteiger partial charge in [-0.25, -0.2) is 9.37 Å². The van der Waals surface area contributed by atoms with Crippen LogP contribution in [0, 0.1) is 5.82 Å². The van der Waals surface area contributed by atoms with Crippen molar-refractivity contribution < 1.29 is 9.18 Å². The number of para-hydroxylation sites is 1. The van der Waals surface area contributed by atoms with Gasteiger partial charge in [0.1, 0.15) is 5.82 Å². The standard InChI is InChI=1S/C22H15FN4OS/c23-16-8-6-14(7-9-16)19-12-27-17(13-29-22(27)26-19)11-20(28)25-18-5-1-3-15-4-2-10-24-21(15)18/h1-10,12-13H,11H2,(H,25,28). The number of nitrogens with zero attached hydrogens (tertiary/aromatic N) is 3. The Hall–Kier alpha value is -3.58. The molecule has 0 fully saturated rings. The molecule has 2 aromatic carbocycles. The van der Waals surface area contributed by atoms with Crippen molar-refractivity contribution >= 4 is 38.8 Å². The SMILES string of the molecule is O=C(Cc1csc2nc(-c3ccc(F)cc3)cn12)Nc1cccc2cccnc12. The lowest BCUT2D eigenvalue weighted by atomic mass is 10.2. The van der Waals surface area contributed by atoms with Crippen LogP contribution in [0.5, 0.6) is 0 Å². The Balaban J connectivity index is 1.40. The number of thiazole rings is 1. The minimum atomic E-state index is -0.282. The molecule has 3 heterocycles. The summed E-state index contributed by atoms with van der Waals surface area (Å²) >= 11 is 1.47. The second-order valence-electron chi connectivity index (χ2n) is 6.62. The maximum atomic E-state index is 13.2. The Morgan fingerprint density at radius 1 is 1.10 bits per heavy atom. The molecule has 1 amide bonds. The van der Waals surface area contributed by atoms with Gasteiger partial charge in [-0.05, 0) is 36.4 Å². The van der Waals surface area contributed by atoms with E-state index in [0.29, 0.717) is 5.69 Å². The van der Waals surface area contributed by atoms with E-state index in [9.17, 15) is 9.18 Å². The maximum absolute atomic E-state index is 13.2. The molecule has 0 saturated heterocycles. The third-order valence-corrected chi connectivity index (χ3v) is 5.56. The molecule has 0 aliphatic rings. The van der Waals surface area contributed by atoms with Crippen molar-refractivity contribution in [1.29, 1.82) is 0 Å². The molecule has 0 aliphatic carbocycles. The van der Waals surface area contributed by atoms with E-state index in [0.717, 1.165) is 32.8 Å². The maximum Gasteiger partial charge on any atom is 0.230 e. The van der Waals surface area contributed by atoms with Crippen molar-refractivity contribution in [2.24, 2.45) is 0 Å². The molecular formula is C22H15FN4OS. The van der Waals surface area contributed by atoms with Crippen LogP contribution >= 0.6 is 11.3 Å². The van der Waals surface area contributed by atoms with Crippen LogP contribution in [0.2, 0.25) is 0 Å². The lowest BCUT2D eigenvalue weighted by Crippen LogP contribution is -2.15. The highest BCUT2D eigenvalue weighted by molar-refractivity contribution is 7.15. The molecular weight excluding hydrogens is 387 g/mol. The summed E-state index contributed by atoms with van der Waals surface area (Å²) in [5, 5.41) is 5.86. The molecule has 1 N–H and O–H groups in total. The van der Waals surface area contributed by atoms with Crippen molar-refractivity contribution in [3.63, 3.8) is 0 Å². The topological polar surface area (TPSA) is 59.3 Å². The molecule has 0 atom stereocenters. The monoisotopic (exact) mass is 402 g/mol.